The van der Waals surface area contributed by atoms with E-state index >= 15 is 0 Å². The lowest BCUT2D eigenvalue weighted by Crippen LogP contribution is -1.95. The number of benzene rings is 1. The fraction of sp³-hybridized carbons (Fsp3) is 0.100. The molecule has 2 rings (SSSR count). The largest absolute Gasteiger partial charge is 0.326 e. The first-order chi connectivity index (χ1) is 6.36. The van der Waals surface area contributed by atoms with Crippen molar-refractivity contribution in [2.75, 3.05) is 0 Å². The minimum Gasteiger partial charge on any atom is -0.326 e. The van der Waals surface area contributed by atoms with Gasteiger partial charge in [0.25, 0.3) is 0 Å². The highest BCUT2D eigenvalue weighted by molar-refractivity contribution is 7.17. The van der Waals surface area contributed by atoms with E-state index in [0.717, 1.165) is 21.2 Å². The normalized spacial score (nSPS) is 9.43. The Hall–Kier alpha value is -1.08. The van der Waals surface area contributed by atoms with Crippen LogP contribution >= 0.6 is 23.7 Å². The molecule has 0 radical (unpaired) electrons. The average molecular weight is 225 g/mol. The molecule has 0 saturated heterocycles. The van der Waals surface area contributed by atoms with Crippen LogP contribution in [0.5, 0.6) is 0 Å². The Bertz CT molecular complexity index is 484. The quantitative estimate of drug-likeness (QED) is 0.810. The van der Waals surface area contributed by atoms with Gasteiger partial charge in [-0.3, -0.25) is 0 Å². The Morgan fingerprint density at radius 3 is 2.86 bits per heavy atom. The summed E-state index contributed by atoms with van der Waals surface area (Å²) in [6.45, 7) is 0.530. The van der Waals surface area contributed by atoms with Crippen LogP contribution in [0.1, 0.15) is 11.1 Å². The highest BCUT2D eigenvalue weighted by atomic mass is 35.5. The second-order valence-electron chi connectivity index (χ2n) is 2.76. The van der Waals surface area contributed by atoms with E-state index in [2.05, 4.69) is 6.07 Å². The third-order valence-electron chi connectivity index (χ3n) is 2.02. The van der Waals surface area contributed by atoms with Crippen LogP contribution in [-0.4, -0.2) is 0 Å². The standard InChI is InChI=1S/C10H8N2S.ClH/c11-4-7-2-1-3-9-8(5-12)6-13-10(7)9;/h1-3,6H,4,11H2;1H. The van der Waals surface area contributed by atoms with Crippen LogP contribution in [-0.2, 0) is 6.54 Å². The molecule has 0 unspecified atom stereocenters. The van der Waals surface area contributed by atoms with Gasteiger partial charge in [0.1, 0.15) is 6.07 Å². The molecule has 0 spiro atoms. The zero-order valence-corrected chi connectivity index (χ0v) is 8.99. The van der Waals surface area contributed by atoms with Crippen molar-refractivity contribution < 1.29 is 0 Å². The van der Waals surface area contributed by atoms with Crippen LogP contribution in [0.25, 0.3) is 10.1 Å². The summed E-state index contributed by atoms with van der Waals surface area (Å²) in [5.41, 5.74) is 7.45. The highest BCUT2D eigenvalue weighted by Gasteiger charge is 2.05. The van der Waals surface area contributed by atoms with E-state index in [1.54, 1.807) is 11.3 Å². The summed E-state index contributed by atoms with van der Waals surface area (Å²) in [5.74, 6) is 0. The minimum atomic E-state index is 0. The van der Waals surface area contributed by atoms with Gasteiger partial charge in [-0.2, -0.15) is 5.26 Å². The van der Waals surface area contributed by atoms with Gasteiger partial charge >= 0.3 is 0 Å². The number of hydrogen-bond acceptors (Lipinski definition) is 3. The van der Waals surface area contributed by atoms with Gasteiger partial charge < -0.3 is 5.73 Å². The van der Waals surface area contributed by atoms with Crippen LogP contribution in [0.2, 0.25) is 0 Å². The van der Waals surface area contributed by atoms with Gasteiger partial charge in [0.05, 0.1) is 5.56 Å². The fourth-order valence-electron chi connectivity index (χ4n) is 1.36. The first kappa shape index (κ1) is 11.0. The number of halogens is 1. The summed E-state index contributed by atoms with van der Waals surface area (Å²) < 4.78 is 1.14. The van der Waals surface area contributed by atoms with Crippen molar-refractivity contribution >= 4 is 33.8 Å². The summed E-state index contributed by atoms with van der Waals surface area (Å²) in [7, 11) is 0. The molecular formula is C10H9ClN2S. The molecule has 0 fully saturated rings. The first-order valence-electron chi connectivity index (χ1n) is 3.96. The van der Waals surface area contributed by atoms with E-state index in [-0.39, 0.29) is 12.4 Å². The van der Waals surface area contributed by atoms with Crippen LogP contribution in [0.3, 0.4) is 0 Å². The topological polar surface area (TPSA) is 49.8 Å². The molecule has 14 heavy (non-hydrogen) atoms. The van der Waals surface area contributed by atoms with E-state index in [9.17, 15) is 0 Å². The molecule has 1 heterocycles. The molecule has 72 valence electrons. The zero-order chi connectivity index (χ0) is 9.26. The van der Waals surface area contributed by atoms with Gasteiger partial charge in [-0.25, -0.2) is 0 Å². The summed E-state index contributed by atoms with van der Waals surface area (Å²) in [4.78, 5) is 0. The number of fused-ring (bicyclic) bond motifs is 1. The molecule has 2 aromatic rings. The number of rotatable bonds is 1. The maximum absolute atomic E-state index is 8.81. The average Bonchev–Trinajstić information content (AvgIpc) is 2.60. The predicted octanol–water partition coefficient (Wildman–Crippen LogP) is 2.65. The third-order valence-corrected chi connectivity index (χ3v) is 3.09. The van der Waals surface area contributed by atoms with E-state index in [4.69, 9.17) is 11.0 Å². The molecule has 1 aromatic heterocycles. The molecule has 0 bridgehead atoms. The van der Waals surface area contributed by atoms with Gasteiger partial charge in [-0.1, -0.05) is 18.2 Å². The second kappa shape index (κ2) is 4.43. The third kappa shape index (κ3) is 1.60. The maximum atomic E-state index is 8.81. The van der Waals surface area contributed by atoms with Crippen molar-refractivity contribution in [3.8, 4) is 6.07 Å². The van der Waals surface area contributed by atoms with E-state index in [1.165, 1.54) is 0 Å². The molecule has 0 aliphatic rings. The highest BCUT2D eigenvalue weighted by Crippen LogP contribution is 2.28. The van der Waals surface area contributed by atoms with Crippen molar-refractivity contribution in [1.29, 1.82) is 5.26 Å². The second-order valence-corrected chi connectivity index (χ2v) is 3.64. The molecule has 0 saturated carbocycles. The lowest BCUT2D eigenvalue weighted by atomic mass is 10.1. The van der Waals surface area contributed by atoms with Crippen molar-refractivity contribution in [3.63, 3.8) is 0 Å². The van der Waals surface area contributed by atoms with Crippen LogP contribution < -0.4 is 5.73 Å². The minimum absolute atomic E-state index is 0. The van der Waals surface area contributed by atoms with E-state index in [0.29, 0.717) is 6.54 Å². The molecule has 0 aliphatic carbocycles. The Morgan fingerprint density at radius 1 is 1.43 bits per heavy atom. The summed E-state index contributed by atoms with van der Waals surface area (Å²) in [6.07, 6.45) is 0. The van der Waals surface area contributed by atoms with Crippen LogP contribution in [0.15, 0.2) is 23.6 Å². The summed E-state index contributed by atoms with van der Waals surface area (Å²) in [6, 6.07) is 8.08. The summed E-state index contributed by atoms with van der Waals surface area (Å²) >= 11 is 1.59. The first-order valence-corrected chi connectivity index (χ1v) is 4.84. The lowest BCUT2D eigenvalue weighted by Gasteiger charge is -1.97. The zero-order valence-electron chi connectivity index (χ0n) is 7.36. The molecule has 0 atom stereocenters. The fourth-order valence-corrected chi connectivity index (χ4v) is 2.39. The van der Waals surface area contributed by atoms with Gasteiger partial charge in [-0.15, -0.1) is 23.7 Å². The van der Waals surface area contributed by atoms with Gasteiger partial charge in [0, 0.05) is 22.0 Å². The van der Waals surface area contributed by atoms with Crippen LogP contribution in [0, 0.1) is 11.3 Å². The molecule has 2 nitrogen and oxygen atoms in total. The number of nitrogens with zero attached hydrogens (tertiary/aromatic N) is 1. The SMILES string of the molecule is Cl.N#Cc1csc2c(CN)cccc12. The maximum Gasteiger partial charge on any atom is 0.101 e. The van der Waals surface area contributed by atoms with E-state index < -0.39 is 0 Å². The number of nitriles is 1. The monoisotopic (exact) mass is 224 g/mol. The van der Waals surface area contributed by atoms with Crippen molar-refractivity contribution in [3.05, 3.63) is 34.7 Å². The Kier molecular flexibility index (Phi) is 3.48. The smallest absolute Gasteiger partial charge is 0.101 e. The number of nitrogens with two attached hydrogens (primary N) is 1. The molecule has 0 amide bonds. The molecule has 4 heteroatoms. The van der Waals surface area contributed by atoms with Gasteiger partial charge in [0.2, 0.25) is 0 Å². The Morgan fingerprint density at radius 2 is 2.21 bits per heavy atom. The lowest BCUT2D eigenvalue weighted by molar-refractivity contribution is 1.09. The molecule has 0 aliphatic heterocycles. The predicted molar refractivity (Wildman–Crippen MR) is 61.7 cm³/mol. The molecule has 1 aromatic carbocycles. The molecular weight excluding hydrogens is 216 g/mol. The van der Waals surface area contributed by atoms with Gasteiger partial charge in [-0.05, 0) is 5.56 Å². The Labute approximate surface area is 92.4 Å². The van der Waals surface area contributed by atoms with Gasteiger partial charge in [0.15, 0.2) is 0 Å². The van der Waals surface area contributed by atoms with Crippen molar-refractivity contribution in [2.45, 2.75) is 6.54 Å². The van der Waals surface area contributed by atoms with Crippen molar-refractivity contribution in [1.82, 2.24) is 0 Å². The van der Waals surface area contributed by atoms with E-state index in [1.807, 2.05) is 23.6 Å². The van der Waals surface area contributed by atoms with Crippen molar-refractivity contribution in [2.24, 2.45) is 5.73 Å². The summed E-state index contributed by atoms with van der Waals surface area (Å²) in [5, 5.41) is 11.7. The Balaban J connectivity index is 0.000000980. The number of thiophene rings is 1. The molecule has 2 N–H and O–H groups in total. The number of hydrogen-bond donors (Lipinski definition) is 1. The van der Waals surface area contributed by atoms with Crippen LogP contribution in [0.4, 0.5) is 0 Å².